The summed E-state index contributed by atoms with van der Waals surface area (Å²) in [5, 5.41) is 12.6. The van der Waals surface area contributed by atoms with Crippen LogP contribution >= 0.6 is 12.2 Å². The van der Waals surface area contributed by atoms with Gasteiger partial charge in [0.25, 0.3) is 0 Å². The fraction of sp³-hybridized carbons (Fsp3) is 0.200. The Morgan fingerprint density at radius 1 is 1.33 bits per heavy atom. The first kappa shape index (κ1) is 16.2. The molecule has 2 aromatic rings. The van der Waals surface area contributed by atoms with E-state index < -0.39 is 5.97 Å². The standard InChI is InChI=1S/C20H17NO2S/c1-4-13-14(6-5-7-15(13)19(22)23)12-8-9-17-16(10-12)20(2,3)11-18(24)21-17/h1,5-10H,11H2,2-3H3,(H,21,24)(H,22,23). The van der Waals surface area contributed by atoms with E-state index in [-0.39, 0.29) is 11.0 Å². The summed E-state index contributed by atoms with van der Waals surface area (Å²) in [5.41, 5.74) is 4.27. The van der Waals surface area contributed by atoms with Gasteiger partial charge >= 0.3 is 5.97 Å². The fourth-order valence-corrected chi connectivity index (χ4v) is 3.67. The van der Waals surface area contributed by atoms with E-state index >= 15 is 0 Å². The lowest BCUT2D eigenvalue weighted by Gasteiger charge is -2.34. The van der Waals surface area contributed by atoms with Crippen LogP contribution in [0.3, 0.4) is 0 Å². The number of aromatic carboxylic acids is 1. The Kier molecular flexibility index (Phi) is 3.90. The van der Waals surface area contributed by atoms with Crippen molar-refractivity contribution < 1.29 is 9.90 Å². The van der Waals surface area contributed by atoms with Gasteiger partial charge in [-0.1, -0.05) is 50.2 Å². The molecule has 2 aromatic carbocycles. The van der Waals surface area contributed by atoms with Crippen molar-refractivity contribution in [3.63, 3.8) is 0 Å². The van der Waals surface area contributed by atoms with Crippen molar-refractivity contribution in [2.45, 2.75) is 25.7 Å². The summed E-state index contributed by atoms with van der Waals surface area (Å²) >= 11 is 5.34. The minimum Gasteiger partial charge on any atom is -0.478 e. The average Bonchev–Trinajstić information content (AvgIpc) is 2.52. The third-order valence-electron chi connectivity index (χ3n) is 4.38. The normalized spacial score (nSPS) is 15.1. The molecule has 0 aliphatic carbocycles. The van der Waals surface area contributed by atoms with Gasteiger partial charge in [-0.2, -0.15) is 0 Å². The molecular formula is C20H17NO2S. The minimum absolute atomic E-state index is 0.0889. The Morgan fingerprint density at radius 3 is 2.75 bits per heavy atom. The SMILES string of the molecule is C#Cc1c(C(=O)O)cccc1-c1ccc2c(c1)C(C)(C)CC(=S)N2. The fourth-order valence-electron chi connectivity index (χ4n) is 3.20. The molecule has 4 heteroatoms. The number of carboxylic acid groups (broad SMARTS) is 1. The van der Waals surface area contributed by atoms with Crippen LogP contribution in [0, 0.1) is 12.3 Å². The predicted octanol–water partition coefficient (Wildman–Crippen LogP) is 4.45. The van der Waals surface area contributed by atoms with E-state index in [1.54, 1.807) is 6.07 Å². The lowest BCUT2D eigenvalue weighted by molar-refractivity contribution is 0.0696. The lowest BCUT2D eigenvalue weighted by Crippen LogP contribution is -2.31. The maximum absolute atomic E-state index is 11.4. The number of anilines is 1. The van der Waals surface area contributed by atoms with Crippen LogP contribution in [0.25, 0.3) is 11.1 Å². The van der Waals surface area contributed by atoms with Crippen molar-refractivity contribution in [3.05, 3.63) is 53.1 Å². The van der Waals surface area contributed by atoms with E-state index in [0.29, 0.717) is 5.56 Å². The summed E-state index contributed by atoms with van der Waals surface area (Å²) in [4.78, 5) is 12.2. The highest BCUT2D eigenvalue weighted by Gasteiger charge is 2.30. The topological polar surface area (TPSA) is 49.3 Å². The quantitative estimate of drug-likeness (QED) is 0.629. The second-order valence-corrected chi connectivity index (χ2v) is 7.04. The van der Waals surface area contributed by atoms with Crippen LogP contribution in [0.4, 0.5) is 5.69 Å². The van der Waals surface area contributed by atoms with Crippen LogP contribution in [0.2, 0.25) is 0 Å². The molecule has 1 aliphatic heterocycles. The van der Waals surface area contributed by atoms with Gasteiger partial charge in [0, 0.05) is 17.7 Å². The molecule has 0 aromatic heterocycles. The third-order valence-corrected chi connectivity index (χ3v) is 4.62. The van der Waals surface area contributed by atoms with E-state index in [1.165, 1.54) is 6.07 Å². The molecule has 0 spiro atoms. The molecule has 0 atom stereocenters. The molecule has 0 saturated heterocycles. The Hall–Kier alpha value is -2.64. The second-order valence-electron chi connectivity index (χ2n) is 6.55. The number of hydrogen-bond donors (Lipinski definition) is 2. The number of terminal acetylenes is 1. The molecule has 1 aliphatic rings. The largest absolute Gasteiger partial charge is 0.478 e. The number of fused-ring (bicyclic) bond motifs is 1. The zero-order chi connectivity index (χ0) is 17.5. The maximum Gasteiger partial charge on any atom is 0.336 e. The molecule has 0 bridgehead atoms. The number of hydrogen-bond acceptors (Lipinski definition) is 2. The van der Waals surface area contributed by atoms with Crippen molar-refractivity contribution in [2.24, 2.45) is 0 Å². The summed E-state index contributed by atoms with van der Waals surface area (Å²) in [6, 6.07) is 11.1. The highest BCUT2D eigenvalue weighted by Crippen LogP contribution is 2.40. The minimum atomic E-state index is -1.02. The Bertz CT molecular complexity index is 906. The number of thiocarbonyl (C=S) groups is 1. The molecule has 2 N–H and O–H groups in total. The van der Waals surface area contributed by atoms with Crippen LogP contribution in [-0.2, 0) is 5.41 Å². The van der Waals surface area contributed by atoms with Crippen LogP contribution in [0.15, 0.2) is 36.4 Å². The molecule has 1 heterocycles. The van der Waals surface area contributed by atoms with Crippen molar-refractivity contribution in [1.82, 2.24) is 0 Å². The highest BCUT2D eigenvalue weighted by molar-refractivity contribution is 7.80. The van der Waals surface area contributed by atoms with Gasteiger partial charge in [0.2, 0.25) is 0 Å². The number of rotatable bonds is 2. The van der Waals surface area contributed by atoms with Gasteiger partial charge in [-0.3, -0.25) is 0 Å². The maximum atomic E-state index is 11.4. The molecule has 3 nitrogen and oxygen atoms in total. The number of nitrogens with one attached hydrogen (secondary N) is 1. The molecular weight excluding hydrogens is 318 g/mol. The van der Waals surface area contributed by atoms with Gasteiger partial charge in [0.05, 0.1) is 10.6 Å². The van der Waals surface area contributed by atoms with Gasteiger partial charge in [-0.05, 0) is 40.3 Å². The summed E-state index contributed by atoms with van der Waals surface area (Å²) in [7, 11) is 0. The van der Waals surface area contributed by atoms with E-state index in [9.17, 15) is 9.90 Å². The van der Waals surface area contributed by atoms with Gasteiger partial charge in [0.1, 0.15) is 0 Å². The van der Waals surface area contributed by atoms with Crippen LogP contribution in [0.5, 0.6) is 0 Å². The molecule has 24 heavy (non-hydrogen) atoms. The van der Waals surface area contributed by atoms with E-state index in [2.05, 4.69) is 31.2 Å². The van der Waals surface area contributed by atoms with Crippen molar-refractivity contribution in [1.29, 1.82) is 0 Å². The van der Waals surface area contributed by atoms with Crippen molar-refractivity contribution in [2.75, 3.05) is 5.32 Å². The Labute approximate surface area is 146 Å². The molecule has 0 amide bonds. The van der Waals surface area contributed by atoms with Crippen LogP contribution in [-0.4, -0.2) is 16.1 Å². The molecule has 3 rings (SSSR count). The van der Waals surface area contributed by atoms with Gasteiger partial charge in [-0.25, -0.2) is 4.79 Å². The first-order chi connectivity index (χ1) is 11.3. The zero-order valence-corrected chi connectivity index (χ0v) is 14.3. The summed E-state index contributed by atoms with van der Waals surface area (Å²) in [5.74, 6) is 1.52. The first-order valence-electron chi connectivity index (χ1n) is 7.61. The monoisotopic (exact) mass is 335 g/mol. The van der Waals surface area contributed by atoms with Crippen molar-refractivity contribution in [3.8, 4) is 23.5 Å². The smallest absolute Gasteiger partial charge is 0.336 e. The van der Waals surface area contributed by atoms with Crippen molar-refractivity contribution >= 4 is 28.9 Å². The molecule has 0 fully saturated rings. The second kappa shape index (κ2) is 5.77. The highest BCUT2D eigenvalue weighted by atomic mass is 32.1. The van der Waals surface area contributed by atoms with Gasteiger partial charge in [-0.15, -0.1) is 6.42 Å². The Morgan fingerprint density at radius 2 is 2.08 bits per heavy atom. The molecule has 0 radical (unpaired) electrons. The van der Waals surface area contributed by atoms with E-state index in [0.717, 1.165) is 33.8 Å². The molecule has 0 saturated carbocycles. The third kappa shape index (κ3) is 2.68. The molecule has 120 valence electrons. The first-order valence-corrected chi connectivity index (χ1v) is 8.02. The van der Waals surface area contributed by atoms with Gasteiger partial charge < -0.3 is 10.4 Å². The van der Waals surface area contributed by atoms with Crippen LogP contribution < -0.4 is 5.32 Å². The summed E-state index contributed by atoms with van der Waals surface area (Å²) in [6.45, 7) is 4.30. The van der Waals surface area contributed by atoms with Gasteiger partial charge in [0.15, 0.2) is 0 Å². The predicted molar refractivity (Wildman–Crippen MR) is 101 cm³/mol. The van der Waals surface area contributed by atoms with E-state index in [4.69, 9.17) is 18.6 Å². The van der Waals surface area contributed by atoms with E-state index in [1.807, 2.05) is 18.2 Å². The summed E-state index contributed by atoms with van der Waals surface area (Å²) in [6.07, 6.45) is 6.37. The lowest BCUT2D eigenvalue weighted by atomic mass is 9.77. The number of carboxylic acids is 1. The average molecular weight is 335 g/mol. The number of benzene rings is 2. The van der Waals surface area contributed by atoms with Crippen LogP contribution in [0.1, 0.15) is 41.8 Å². The Balaban J connectivity index is 2.20. The summed E-state index contributed by atoms with van der Waals surface area (Å²) < 4.78 is 0. The zero-order valence-electron chi connectivity index (χ0n) is 13.5. The number of carbonyl (C=O) groups is 1. The molecule has 0 unspecified atom stereocenters.